The number of aromatic nitrogens is 1. The quantitative estimate of drug-likeness (QED) is 0.621. The second-order valence-electron chi connectivity index (χ2n) is 4.08. The van der Waals surface area contributed by atoms with E-state index in [-0.39, 0.29) is 0 Å². The molecule has 1 aromatic carbocycles. The maximum absolute atomic E-state index is 12.3. The maximum atomic E-state index is 12.3. The number of Topliss-reactive ketones (excluding diaryl/α,β-unsaturated/α-hetero) is 1. The second-order valence-corrected chi connectivity index (χ2v) is 5.15. The molecule has 0 aliphatic rings. The summed E-state index contributed by atoms with van der Waals surface area (Å²) < 4.78 is 24.5. The number of ketones is 1. The Labute approximate surface area is 124 Å². The highest BCUT2D eigenvalue weighted by Gasteiger charge is 2.22. The summed E-state index contributed by atoms with van der Waals surface area (Å²) >= 11 is 0.407. The second kappa shape index (κ2) is 6.95. The van der Waals surface area contributed by atoms with Crippen LogP contribution in [0.25, 0.3) is 0 Å². The molecular formula is C15H10F2N2OS. The van der Waals surface area contributed by atoms with Crippen LogP contribution in [-0.2, 0) is 0 Å². The highest BCUT2D eigenvalue weighted by molar-refractivity contribution is 7.99. The minimum absolute atomic E-state index is 0.297. The van der Waals surface area contributed by atoms with Crippen molar-refractivity contribution in [2.24, 2.45) is 0 Å². The first-order valence-corrected chi connectivity index (χ1v) is 6.89. The molecule has 0 radical (unpaired) electrons. The summed E-state index contributed by atoms with van der Waals surface area (Å²) in [5.41, 5.74) is 0.668. The van der Waals surface area contributed by atoms with E-state index in [1.54, 1.807) is 18.2 Å². The molecule has 0 aliphatic heterocycles. The third-order valence-electron chi connectivity index (χ3n) is 2.74. The number of thioether (sulfide) groups is 1. The first kappa shape index (κ1) is 15.1. The van der Waals surface area contributed by atoms with Gasteiger partial charge >= 0.3 is 0 Å². The molecule has 0 N–H and O–H groups in total. The van der Waals surface area contributed by atoms with Crippen molar-refractivity contribution in [3.63, 3.8) is 0 Å². The Morgan fingerprint density at radius 3 is 2.43 bits per heavy atom. The zero-order valence-electron chi connectivity index (χ0n) is 10.7. The van der Waals surface area contributed by atoms with E-state index in [2.05, 4.69) is 4.98 Å². The van der Waals surface area contributed by atoms with Crippen LogP contribution in [0.2, 0.25) is 0 Å². The van der Waals surface area contributed by atoms with E-state index >= 15 is 0 Å². The lowest BCUT2D eigenvalue weighted by molar-refractivity contribution is 0.0977. The van der Waals surface area contributed by atoms with Gasteiger partial charge in [0.1, 0.15) is 0 Å². The minimum Gasteiger partial charge on any atom is -0.292 e. The molecule has 2 aromatic rings. The van der Waals surface area contributed by atoms with Gasteiger partial charge in [0.2, 0.25) is 0 Å². The fourth-order valence-electron chi connectivity index (χ4n) is 1.77. The van der Waals surface area contributed by atoms with Crippen LogP contribution in [-0.4, -0.2) is 16.5 Å². The zero-order chi connectivity index (χ0) is 15.2. The van der Waals surface area contributed by atoms with Crippen LogP contribution in [0.1, 0.15) is 22.0 Å². The minimum atomic E-state index is -2.51. The average Bonchev–Trinajstić information content (AvgIpc) is 2.49. The van der Waals surface area contributed by atoms with Gasteiger partial charge in [0, 0.05) is 16.7 Å². The molecule has 0 fully saturated rings. The number of benzene rings is 1. The van der Waals surface area contributed by atoms with Gasteiger partial charge in [-0.05, 0) is 24.3 Å². The molecule has 6 heteroatoms. The van der Waals surface area contributed by atoms with Crippen molar-refractivity contribution < 1.29 is 13.6 Å². The van der Waals surface area contributed by atoms with E-state index in [9.17, 15) is 18.8 Å². The molecule has 2 rings (SSSR count). The summed E-state index contributed by atoms with van der Waals surface area (Å²) in [6.07, 6.45) is 1.51. The standard InChI is InChI=1S/C15H10F2N2OS/c16-15(17)21-11-6-4-10(5-7-11)14(20)12(9-18)13-3-1-2-8-19-13/h1-8,12,15H/t12-/m1/s1. The Morgan fingerprint density at radius 1 is 1.19 bits per heavy atom. The number of hydrogen-bond acceptors (Lipinski definition) is 4. The maximum Gasteiger partial charge on any atom is 0.288 e. The van der Waals surface area contributed by atoms with E-state index in [4.69, 9.17) is 0 Å². The van der Waals surface area contributed by atoms with Gasteiger partial charge in [-0.1, -0.05) is 30.0 Å². The summed E-state index contributed by atoms with van der Waals surface area (Å²) in [6, 6.07) is 12.7. The Hall–Kier alpha value is -2.26. The fourth-order valence-corrected chi connectivity index (χ4v) is 2.27. The Bertz CT molecular complexity index is 654. The molecule has 0 spiro atoms. The van der Waals surface area contributed by atoms with E-state index in [0.29, 0.717) is 27.9 Å². The molecule has 1 heterocycles. The van der Waals surface area contributed by atoms with Crippen molar-refractivity contribution in [1.29, 1.82) is 5.26 Å². The molecule has 21 heavy (non-hydrogen) atoms. The SMILES string of the molecule is N#C[C@@H](C(=O)c1ccc(SC(F)F)cc1)c1ccccn1. The highest BCUT2D eigenvalue weighted by atomic mass is 32.2. The van der Waals surface area contributed by atoms with Gasteiger partial charge in [-0.25, -0.2) is 0 Å². The predicted octanol–water partition coefficient (Wildman–Crippen LogP) is 3.89. The first-order chi connectivity index (χ1) is 10.1. The van der Waals surface area contributed by atoms with Gasteiger partial charge in [-0.15, -0.1) is 0 Å². The molecular weight excluding hydrogens is 294 g/mol. The number of carbonyl (C=O) groups is 1. The van der Waals surface area contributed by atoms with Crippen molar-refractivity contribution in [2.75, 3.05) is 0 Å². The van der Waals surface area contributed by atoms with Crippen LogP contribution in [0.15, 0.2) is 53.6 Å². The topological polar surface area (TPSA) is 53.8 Å². The van der Waals surface area contributed by atoms with E-state index in [1.165, 1.54) is 30.5 Å². The lowest BCUT2D eigenvalue weighted by atomic mass is 9.95. The molecule has 106 valence electrons. The van der Waals surface area contributed by atoms with Crippen molar-refractivity contribution in [1.82, 2.24) is 4.98 Å². The smallest absolute Gasteiger partial charge is 0.288 e. The molecule has 0 saturated carbocycles. The largest absolute Gasteiger partial charge is 0.292 e. The van der Waals surface area contributed by atoms with E-state index < -0.39 is 17.5 Å². The van der Waals surface area contributed by atoms with Crippen molar-refractivity contribution >= 4 is 17.5 Å². The molecule has 0 amide bonds. The van der Waals surface area contributed by atoms with Gasteiger partial charge < -0.3 is 0 Å². The highest BCUT2D eigenvalue weighted by Crippen LogP contribution is 2.26. The molecule has 0 unspecified atom stereocenters. The van der Waals surface area contributed by atoms with Crippen LogP contribution in [0.5, 0.6) is 0 Å². The van der Waals surface area contributed by atoms with Gasteiger partial charge in [0.25, 0.3) is 5.76 Å². The molecule has 0 bridgehead atoms. The molecule has 1 aromatic heterocycles. The number of halogens is 2. The third kappa shape index (κ3) is 3.86. The van der Waals surface area contributed by atoms with Gasteiger partial charge in [0.15, 0.2) is 11.7 Å². The summed E-state index contributed by atoms with van der Waals surface area (Å²) in [6.45, 7) is 0. The normalized spacial score (nSPS) is 11.9. The number of nitrogens with zero attached hydrogens (tertiary/aromatic N) is 2. The molecule has 0 aliphatic carbocycles. The Balaban J connectivity index is 2.21. The van der Waals surface area contributed by atoms with Crippen LogP contribution in [0, 0.1) is 11.3 Å². The van der Waals surface area contributed by atoms with Crippen LogP contribution >= 0.6 is 11.8 Å². The monoisotopic (exact) mass is 304 g/mol. The fraction of sp³-hybridized carbons (Fsp3) is 0.133. The van der Waals surface area contributed by atoms with Crippen LogP contribution in [0.3, 0.4) is 0 Å². The lowest BCUT2D eigenvalue weighted by Crippen LogP contribution is -2.12. The third-order valence-corrected chi connectivity index (χ3v) is 3.46. The van der Waals surface area contributed by atoms with Crippen molar-refractivity contribution in [2.45, 2.75) is 16.6 Å². The molecule has 3 nitrogen and oxygen atoms in total. The number of nitriles is 1. The molecule has 0 saturated heterocycles. The lowest BCUT2D eigenvalue weighted by Gasteiger charge is -2.08. The summed E-state index contributed by atoms with van der Waals surface area (Å²) in [5, 5.41) is 9.17. The number of pyridine rings is 1. The van der Waals surface area contributed by atoms with Crippen LogP contribution < -0.4 is 0 Å². The number of hydrogen-bond donors (Lipinski definition) is 0. The van der Waals surface area contributed by atoms with Crippen molar-refractivity contribution in [3.05, 3.63) is 59.9 Å². The van der Waals surface area contributed by atoms with Crippen molar-refractivity contribution in [3.8, 4) is 6.07 Å². The summed E-state index contributed by atoms with van der Waals surface area (Å²) in [4.78, 5) is 16.7. The predicted molar refractivity (Wildman–Crippen MR) is 75.2 cm³/mol. The Kier molecular flexibility index (Phi) is 5.01. The molecule has 1 atom stereocenters. The Morgan fingerprint density at radius 2 is 1.90 bits per heavy atom. The van der Waals surface area contributed by atoms with E-state index in [1.807, 2.05) is 6.07 Å². The first-order valence-electron chi connectivity index (χ1n) is 6.01. The van der Waals surface area contributed by atoms with Gasteiger partial charge in [-0.2, -0.15) is 14.0 Å². The summed E-state index contributed by atoms with van der Waals surface area (Å²) in [5.74, 6) is -3.91. The van der Waals surface area contributed by atoms with Gasteiger partial charge in [-0.3, -0.25) is 9.78 Å². The zero-order valence-corrected chi connectivity index (χ0v) is 11.6. The van der Waals surface area contributed by atoms with Gasteiger partial charge in [0.05, 0.1) is 11.8 Å². The number of alkyl halides is 2. The van der Waals surface area contributed by atoms with Crippen LogP contribution in [0.4, 0.5) is 8.78 Å². The summed E-state index contributed by atoms with van der Waals surface area (Å²) in [7, 11) is 0. The number of rotatable bonds is 5. The van der Waals surface area contributed by atoms with E-state index in [0.717, 1.165) is 0 Å². The number of carbonyl (C=O) groups excluding carboxylic acids is 1. The average molecular weight is 304 g/mol.